The minimum Gasteiger partial charge on any atom is -0.499 e. The number of rotatable bonds is 1. The molecule has 0 aliphatic carbocycles. The van der Waals surface area contributed by atoms with Gasteiger partial charge in [-0.15, -0.1) is 11.8 Å². The molecule has 0 bridgehead atoms. The fourth-order valence-corrected chi connectivity index (χ4v) is 2.43. The molecule has 2 rings (SSSR count). The van der Waals surface area contributed by atoms with Gasteiger partial charge in [-0.25, -0.2) is 4.79 Å². The highest BCUT2D eigenvalue weighted by Crippen LogP contribution is 2.28. The third kappa shape index (κ3) is 1.82. The van der Waals surface area contributed by atoms with E-state index in [-0.39, 0.29) is 5.50 Å². The Morgan fingerprint density at radius 3 is 3.46 bits per heavy atom. The lowest BCUT2D eigenvalue weighted by Gasteiger charge is -2.28. The van der Waals surface area contributed by atoms with E-state index in [1.807, 2.05) is 0 Å². The van der Waals surface area contributed by atoms with Crippen LogP contribution in [-0.2, 0) is 4.74 Å². The summed E-state index contributed by atoms with van der Waals surface area (Å²) in [5.41, 5.74) is 0.749. The average molecular weight is 202 g/mol. The van der Waals surface area contributed by atoms with Crippen molar-refractivity contribution in [2.45, 2.75) is 5.50 Å². The van der Waals surface area contributed by atoms with Gasteiger partial charge in [0.25, 0.3) is 0 Å². The van der Waals surface area contributed by atoms with Crippen LogP contribution in [0.15, 0.2) is 12.0 Å². The molecule has 2 unspecified atom stereocenters. The molecule has 0 saturated carbocycles. The molecule has 72 valence electrons. The van der Waals surface area contributed by atoms with Gasteiger partial charge in [0.2, 0.25) is 0 Å². The summed E-state index contributed by atoms with van der Waals surface area (Å²) < 4.78 is 5.13. The number of fused-ring (bicyclic) bond motifs is 1. The van der Waals surface area contributed by atoms with Gasteiger partial charge in [-0.3, -0.25) is 5.32 Å². The summed E-state index contributed by atoms with van der Waals surface area (Å²) in [4.78, 5) is 10.3. The fraction of sp³-hybridized carbons (Fsp3) is 0.571. The SMILES string of the molecule is O=C(O)NC1NC2=COCC2CS1. The lowest BCUT2D eigenvalue weighted by Crippen LogP contribution is -2.46. The van der Waals surface area contributed by atoms with Gasteiger partial charge < -0.3 is 15.2 Å². The number of hydrogen-bond acceptors (Lipinski definition) is 4. The Bertz CT molecular complexity index is 256. The van der Waals surface area contributed by atoms with Gasteiger partial charge in [0.15, 0.2) is 5.50 Å². The van der Waals surface area contributed by atoms with Crippen molar-refractivity contribution in [2.24, 2.45) is 5.92 Å². The Morgan fingerprint density at radius 2 is 2.69 bits per heavy atom. The summed E-state index contributed by atoms with van der Waals surface area (Å²) in [5, 5.41) is 13.9. The number of hydrogen-bond donors (Lipinski definition) is 3. The number of carboxylic acid groups (broad SMARTS) is 1. The van der Waals surface area contributed by atoms with Crippen LogP contribution in [0.25, 0.3) is 0 Å². The van der Waals surface area contributed by atoms with Crippen LogP contribution in [0.3, 0.4) is 0 Å². The fourth-order valence-electron chi connectivity index (χ4n) is 1.33. The van der Waals surface area contributed by atoms with E-state index in [1.54, 1.807) is 18.0 Å². The van der Waals surface area contributed by atoms with Crippen LogP contribution in [-0.4, -0.2) is 29.1 Å². The van der Waals surface area contributed by atoms with Gasteiger partial charge in [-0.2, -0.15) is 0 Å². The van der Waals surface area contributed by atoms with Crippen LogP contribution < -0.4 is 10.6 Å². The normalized spacial score (nSPS) is 30.9. The van der Waals surface area contributed by atoms with E-state index >= 15 is 0 Å². The second-order valence-corrected chi connectivity index (χ2v) is 4.05. The zero-order valence-electron chi connectivity index (χ0n) is 6.82. The monoisotopic (exact) mass is 202 g/mol. The molecule has 1 saturated heterocycles. The molecule has 2 aliphatic rings. The summed E-state index contributed by atoms with van der Waals surface area (Å²) in [6.45, 7) is 0.703. The number of thioether (sulfide) groups is 1. The first-order valence-corrected chi connectivity index (χ1v) is 5.00. The topological polar surface area (TPSA) is 70.6 Å². The molecule has 6 heteroatoms. The molecule has 3 N–H and O–H groups in total. The molecule has 2 heterocycles. The van der Waals surface area contributed by atoms with Gasteiger partial charge in [0.1, 0.15) is 6.26 Å². The molecule has 2 aliphatic heterocycles. The first kappa shape index (κ1) is 8.55. The molecule has 0 radical (unpaired) electrons. The second kappa shape index (κ2) is 3.37. The molecular weight excluding hydrogens is 192 g/mol. The standard InChI is InChI=1S/C7H10N2O3S/c10-7(11)9-6-8-5-2-12-1-4(5)3-13-6/h2,4,6,8-9H,1,3H2,(H,10,11). The van der Waals surface area contributed by atoms with Crippen LogP contribution >= 0.6 is 11.8 Å². The van der Waals surface area contributed by atoms with Crippen LogP contribution in [0.1, 0.15) is 0 Å². The quantitative estimate of drug-likeness (QED) is 0.572. The van der Waals surface area contributed by atoms with Gasteiger partial charge in [-0.05, 0) is 0 Å². The van der Waals surface area contributed by atoms with E-state index in [4.69, 9.17) is 9.84 Å². The Morgan fingerprint density at radius 1 is 1.85 bits per heavy atom. The lowest BCUT2D eigenvalue weighted by atomic mass is 10.1. The largest absolute Gasteiger partial charge is 0.499 e. The van der Waals surface area contributed by atoms with Crippen LogP contribution in [0, 0.1) is 5.92 Å². The van der Waals surface area contributed by atoms with E-state index < -0.39 is 6.09 Å². The average Bonchev–Trinajstić information content (AvgIpc) is 2.49. The zero-order chi connectivity index (χ0) is 9.26. The summed E-state index contributed by atoms with van der Waals surface area (Å²) in [7, 11) is 0. The Hall–Kier alpha value is -1.04. The van der Waals surface area contributed by atoms with E-state index in [2.05, 4.69) is 10.6 Å². The second-order valence-electron chi connectivity index (χ2n) is 2.91. The Labute approximate surface area is 79.5 Å². The molecule has 2 atom stereocenters. The molecule has 13 heavy (non-hydrogen) atoms. The molecule has 0 aromatic rings. The number of ether oxygens (including phenoxy) is 1. The number of nitrogens with one attached hydrogen (secondary N) is 2. The molecule has 0 spiro atoms. The van der Waals surface area contributed by atoms with Crippen LogP contribution in [0.4, 0.5) is 4.79 Å². The van der Waals surface area contributed by atoms with Crippen molar-refractivity contribution in [3.05, 3.63) is 12.0 Å². The number of amides is 1. The van der Waals surface area contributed by atoms with Crippen LogP contribution in [0.2, 0.25) is 0 Å². The zero-order valence-corrected chi connectivity index (χ0v) is 7.63. The third-order valence-corrected chi connectivity index (χ3v) is 3.13. The third-order valence-electron chi connectivity index (χ3n) is 1.96. The van der Waals surface area contributed by atoms with Crippen molar-refractivity contribution in [2.75, 3.05) is 12.4 Å². The predicted molar refractivity (Wildman–Crippen MR) is 48.1 cm³/mol. The van der Waals surface area contributed by atoms with Gasteiger partial charge in [-0.1, -0.05) is 0 Å². The van der Waals surface area contributed by atoms with Crippen molar-refractivity contribution < 1.29 is 14.6 Å². The highest BCUT2D eigenvalue weighted by molar-refractivity contribution is 7.99. The molecular formula is C7H10N2O3S. The van der Waals surface area contributed by atoms with E-state index in [0.717, 1.165) is 11.4 Å². The first-order chi connectivity index (χ1) is 6.25. The maximum Gasteiger partial charge on any atom is 0.406 e. The van der Waals surface area contributed by atoms with Gasteiger partial charge >= 0.3 is 6.09 Å². The van der Waals surface area contributed by atoms with Gasteiger partial charge in [0.05, 0.1) is 12.3 Å². The highest BCUT2D eigenvalue weighted by atomic mass is 32.2. The molecule has 0 aromatic heterocycles. The number of carbonyl (C=O) groups is 1. The lowest BCUT2D eigenvalue weighted by molar-refractivity contribution is 0.192. The summed E-state index contributed by atoms with van der Waals surface area (Å²) in [6.07, 6.45) is 0.656. The molecule has 0 aromatic carbocycles. The molecule has 1 amide bonds. The van der Waals surface area contributed by atoms with Crippen molar-refractivity contribution >= 4 is 17.9 Å². The summed E-state index contributed by atoms with van der Waals surface area (Å²) >= 11 is 1.54. The van der Waals surface area contributed by atoms with E-state index in [9.17, 15) is 4.79 Å². The highest BCUT2D eigenvalue weighted by Gasteiger charge is 2.29. The van der Waals surface area contributed by atoms with Crippen molar-refractivity contribution in [3.63, 3.8) is 0 Å². The minimum absolute atomic E-state index is 0.248. The van der Waals surface area contributed by atoms with Crippen molar-refractivity contribution in [1.29, 1.82) is 0 Å². The van der Waals surface area contributed by atoms with E-state index in [1.165, 1.54) is 0 Å². The van der Waals surface area contributed by atoms with Crippen molar-refractivity contribution in [3.8, 4) is 0 Å². The molecule has 1 fully saturated rings. The summed E-state index contributed by atoms with van der Waals surface area (Å²) in [6, 6.07) is 0. The smallest absolute Gasteiger partial charge is 0.406 e. The predicted octanol–water partition coefficient (Wildman–Crippen LogP) is 0.362. The first-order valence-electron chi connectivity index (χ1n) is 3.95. The maximum absolute atomic E-state index is 10.3. The minimum atomic E-state index is -1.01. The Balaban J connectivity index is 1.93. The summed E-state index contributed by atoms with van der Waals surface area (Å²) in [5.74, 6) is 1.29. The van der Waals surface area contributed by atoms with Crippen LogP contribution in [0.5, 0.6) is 0 Å². The van der Waals surface area contributed by atoms with Gasteiger partial charge in [0, 0.05) is 11.7 Å². The molecule has 5 nitrogen and oxygen atoms in total. The van der Waals surface area contributed by atoms with Crippen molar-refractivity contribution in [1.82, 2.24) is 10.6 Å². The van der Waals surface area contributed by atoms with E-state index in [0.29, 0.717) is 12.5 Å². The Kier molecular flexibility index (Phi) is 2.22. The maximum atomic E-state index is 10.3.